The van der Waals surface area contributed by atoms with E-state index >= 15 is 0 Å². The maximum atomic E-state index is 8.87. The third kappa shape index (κ3) is 4.55. The van der Waals surface area contributed by atoms with Gasteiger partial charge in [-0.15, -0.1) is 0 Å². The first-order valence-corrected chi connectivity index (χ1v) is 18.5. The molecule has 0 N–H and O–H groups in total. The fraction of sp³-hybridized carbons (Fsp3) is 0.0577. The first-order valence-electron chi connectivity index (χ1n) is 21.0. The Morgan fingerprint density at radius 1 is 0.491 bits per heavy atom. The lowest BCUT2D eigenvalue weighted by molar-refractivity contribution is 0.660. The topological polar surface area (TPSA) is 14.2 Å². The number of aromatic nitrogens is 2. The van der Waals surface area contributed by atoms with Gasteiger partial charge in [0.05, 0.1) is 30.0 Å². The number of para-hydroxylation sites is 2. The summed E-state index contributed by atoms with van der Waals surface area (Å²) >= 11 is 0. The monoisotopic (exact) mass is 706 g/mol. The molecule has 0 saturated carbocycles. The van der Waals surface area contributed by atoms with Gasteiger partial charge in [-0.25, -0.2) is 4.85 Å². The number of hydrogen-bond acceptors (Lipinski definition) is 0. The highest BCUT2D eigenvalue weighted by atomic mass is 15.0. The first-order chi connectivity index (χ1) is 29.1. The zero-order valence-electron chi connectivity index (χ0n) is 35.2. The SMILES string of the molecule is [2H]c1c([2H])c([2H])c(-c2cccc3c2-c2cc(-n4c5ccccc5c5cc(-c6ccc7c(c6)c6ccc([N+]#[C-])cc6n7-c6ccccc6)ccc54)ccc2C3(C)C)c([2H])c1[2H]. The Bertz CT molecular complexity index is 3510. The van der Waals surface area contributed by atoms with Gasteiger partial charge in [0.2, 0.25) is 0 Å². The second-order valence-corrected chi connectivity index (χ2v) is 14.9. The van der Waals surface area contributed by atoms with Gasteiger partial charge in [0.25, 0.3) is 0 Å². The van der Waals surface area contributed by atoms with Crippen LogP contribution in [0.15, 0.2) is 176 Å². The fourth-order valence-corrected chi connectivity index (χ4v) is 9.07. The molecule has 0 aliphatic heterocycles. The Morgan fingerprint density at radius 2 is 1.16 bits per heavy atom. The lowest BCUT2D eigenvalue weighted by Crippen LogP contribution is -2.15. The predicted molar refractivity (Wildman–Crippen MR) is 230 cm³/mol. The summed E-state index contributed by atoms with van der Waals surface area (Å²) in [6.45, 7) is 12.1. The highest BCUT2D eigenvalue weighted by Gasteiger charge is 2.37. The van der Waals surface area contributed by atoms with Crippen LogP contribution in [-0.2, 0) is 5.41 Å². The third-order valence-corrected chi connectivity index (χ3v) is 11.6. The smallest absolute Gasteiger partial charge is 0.189 e. The van der Waals surface area contributed by atoms with Crippen LogP contribution >= 0.6 is 0 Å². The van der Waals surface area contributed by atoms with Crippen molar-refractivity contribution in [2.45, 2.75) is 19.3 Å². The number of hydrogen-bond donors (Lipinski definition) is 0. The minimum atomic E-state index is -0.397. The van der Waals surface area contributed by atoms with Gasteiger partial charge in [-0.05, 0) is 105 Å². The van der Waals surface area contributed by atoms with Crippen LogP contribution in [0, 0.1) is 6.57 Å². The molecule has 0 amide bonds. The van der Waals surface area contributed by atoms with E-state index in [4.69, 9.17) is 13.4 Å². The molecule has 0 atom stereocenters. The fourth-order valence-electron chi connectivity index (χ4n) is 9.07. The number of benzene rings is 8. The normalized spacial score (nSPS) is 14.3. The standard InChI is InChI=1S/C52H35N3/c1-52(2)45-26-24-38(32-44(45)51-39(18-12-19-46(51)52)33-13-6-4-7-14-33)55-47-20-11-10-17-40(47)42-29-34(22-28-49(42)55)35-21-27-48-43(30-35)41-25-23-36(53-3)31-50(41)54(48)37-15-8-5-9-16-37/h4-32H,1-2H3/i4D,6D,7D,13D,14D. The molecule has 8 aromatic carbocycles. The Hall–Kier alpha value is -7.15. The molecule has 0 spiro atoms. The van der Waals surface area contributed by atoms with Gasteiger partial charge in [0.1, 0.15) is 0 Å². The van der Waals surface area contributed by atoms with E-state index in [0.29, 0.717) is 11.3 Å². The molecule has 3 nitrogen and oxygen atoms in total. The van der Waals surface area contributed by atoms with E-state index in [1.165, 1.54) is 0 Å². The molecule has 11 rings (SSSR count). The molecule has 10 aromatic rings. The quantitative estimate of drug-likeness (QED) is 0.162. The second kappa shape index (κ2) is 11.7. The summed E-state index contributed by atoms with van der Waals surface area (Å²) in [6, 6.07) is 49.0. The zero-order valence-corrected chi connectivity index (χ0v) is 30.2. The molecule has 55 heavy (non-hydrogen) atoms. The van der Waals surface area contributed by atoms with E-state index in [1.54, 1.807) is 0 Å². The van der Waals surface area contributed by atoms with E-state index in [1.807, 2.05) is 42.5 Å². The number of nitrogens with zero attached hydrogens (tertiary/aromatic N) is 3. The van der Waals surface area contributed by atoms with Crippen LogP contribution in [0.1, 0.15) is 31.8 Å². The lowest BCUT2D eigenvalue weighted by Gasteiger charge is -2.22. The summed E-state index contributed by atoms with van der Waals surface area (Å²) in [6.07, 6.45) is 0. The van der Waals surface area contributed by atoms with Crippen molar-refractivity contribution in [3.63, 3.8) is 0 Å². The van der Waals surface area contributed by atoms with Crippen molar-refractivity contribution in [1.29, 1.82) is 0 Å². The molecule has 0 radical (unpaired) electrons. The van der Waals surface area contributed by atoms with Gasteiger partial charge in [0, 0.05) is 43.9 Å². The second-order valence-electron chi connectivity index (χ2n) is 14.9. The summed E-state index contributed by atoms with van der Waals surface area (Å²) in [7, 11) is 0. The molecule has 2 heterocycles. The van der Waals surface area contributed by atoms with Crippen LogP contribution < -0.4 is 0 Å². The Balaban J connectivity index is 1.09. The molecule has 1 aliphatic rings. The van der Waals surface area contributed by atoms with Crippen molar-refractivity contribution >= 4 is 49.3 Å². The molecule has 0 fully saturated rings. The van der Waals surface area contributed by atoms with Gasteiger partial charge in [0.15, 0.2) is 5.69 Å². The van der Waals surface area contributed by atoms with Crippen LogP contribution in [0.3, 0.4) is 0 Å². The van der Waals surface area contributed by atoms with Crippen LogP contribution in [0.2, 0.25) is 0 Å². The van der Waals surface area contributed by atoms with Crippen molar-refractivity contribution in [3.05, 3.63) is 198 Å². The first kappa shape index (κ1) is 26.6. The van der Waals surface area contributed by atoms with E-state index < -0.39 is 6.04 Å². The van der Waals surface area contributed by atoms with Crippen LogP contribution in [-0.4, -0.2) is 9.13 Å². The summed E-state index contributed by atoms with van der Waals surface area (Å²) in [5, 5.41) is 4.47. The number of fused-ring (bicyclic) bond motifs is 9. The molecule has 0 bridgehead atoms. The highest BCUT2D eigenvalue weighted by Crippen LogP contribution is 2.53. The van der Waals surface area contributed by atoms with Gasteiger partial charge in [-0.3, -0.25) is 0 Å². The Kier molecular flexibility index (Phi) is 5.64. The average molecular weight is 707 g/mol. The molecule has 258 valence electrons. The maximum absolute atomic E-state index is 8.87. The van der Waals surface area contributed by atoms with Crippen molar-refractivity contribution in [1.82, 2.24) is 9.13 Å². The highest BCUT2D eigenvalue weighted by molar-refractivity contribution is 6.13. The molecule has 0 unspecified atom stereocenters. The van der Waals surface area contributed by atoms with E-state index in [-0.39, 0.29) is 35.1 Å². The lowest BCUT2D eigenvalue weighted by atomic mass is 9.82. The van der Waals surface area contributed by atoms with Crippen LogP contribution in [0.4, 0.5) is 5.69 Å². The Labute approximate surface area is 326 Å². The summed E-state index contributed by atoms with van der Waals surface area (Å²) in [5.74, 6) is 0. The summed E-state index contributed by atoms with van der Waals surface area (Å²) in [5.41, 5.74) is 13.6. The molecule has 0 saturated heterocycles. The molecule has 2 aromatic heterocycles. The van der Waals surface area contributed by atoms with Gasteiger partial charge in [-0.2, -0.15) is 0 Å². The maximum Gasteiger partial charge on any atom is 0.189 e. The largest absolute Gasteiger partial charge is 0.311 e. The van der Waals surface area contributed by atoms with Gasteiger partial charge in [-0.1, -0.05) is 129 Å². The van der Waals surface area contributed by atoms with Crippen molar-refractivity contribution in [2.75, 3.05) is 0 Å². The Morgan fingerprint density at radius 3 is 1.91 bits per heavy atom. The molecule has 1 aliphatic carbocycles. The van der Waals surface area contributed by atoms with E-state index in [9.17, 15) is 0 Å². The van der Waals surface area contributed by atoms with Crippen LogP contribution in [0.5, 0.6) is 0 Å². The van der Waals surface area contributed by atoms with E-state index in [2.05, 4.69) is 131 Å². The van der Waals surface area contributed by atoms with Gasteiger partial charge < -0.3 is 9.13 Å². The molecular weight excluding hydrogens is 667 g/mol. The number of rotatable bonds is 4. The average Bonchev–Trinajstić information content (AvgIpc) is 3.87. The summed E-state index contributed by atoms with van der Waals surface area (Å²) in [4.78, 5) is 3.74. The van der Waals surface area contributed by atoms with Gasteiger partial charge >= 0.3 is 0 Å². The minimum absolute atomic E-state index is 0.203. The predicted octanol–water partition coefficient (Wildman–Crippen LogP) is 14.1. The van der Waals surface area contributed by atoms with Crippen molar-refractivity contribution in [3.8, 4) is 44.8 Å². The third-order valence-electron chi connectivity index (χ3n) is 11.6. The zero-order chi connectivity index (χ0) is 41.2. The van der Waals surface area contributed by atoms with Crippen LogP contribution in [0.25, 0.3) is 93.2 Å². The summed E-state index contributed by atoms with van der Waals surface area (Å²) < 4.78 is 47.4. The van der Waals surface area contributed by atoms with E-state index in [0.717, 1.165) is 88.4 Å². The molecular formula is C52H35N3. The van der Waals surface area contributed by atoms with Crippen molar-refractivity contribution in [2.24, 2.45) is 0 Å². The molecule has 3 heteroatoms. The minimum Gasteiger partial charge on any atom is -0.311 e. The van der Waals surface area contributed by atoms with Crippen molar-refractivity contribution < 1.29 is 6.85 Å².